The first-order valence-electron chi connectivity index (χ1n) is 5.40. The normalized spacial score (nSPS) is 9.44. The molecule has 2 nitrogen and oxygen atoms in total. The first-order valence-corrected chi connectivity index (χ1v) is 5.40. The fraction of sp³-hybridized carbons (Fsp3) is 0.214. The summed E-state index contributed by atoms with van der Waals surface area (Å²) in [4.78, 5) is 10.7. The van der Waals surface area contributed by atoms with Gasteiger partial charge in [0.2, 0.25) is 0 Å². The van der Waals surface area contributed by atoms with Gasteiger partial charge in [-0.25, -0.2) is 4.79 Å². The molecular weight excluding hydrogens is 200 g/mol. The third kappa shape index (κ3) is 2.60. The number of carboxylic acid groups (broad SMARTS) is 1. The highest BCUT2D eigenvalue weighted by atomic mass is 16.4. The van der Waals surface area contributed by atoms with E-state index in [0.717, 1.165) is 10.8 Å². The third-order valence-corrected chi connectivity index (χ3v) is 2.24. The van der Waals surface area contributed by atoms with E-state index in [-0.39, 0.29) is 0 Å². The minimum atomic E-state index is -0.882. The molecule has 0 radical (unpaired) electrons. The summed E-state index contributed by atoms with van der Waals surface area (Å²) < 4.78 is 0. The Hall–Kier alpha value is -1.83. The maximum Gasteiger partial charge on any atom is 0.335 e. The van der Waals surface area contributed by atoms with Gasteiger partial charge in [0.25, 0.3) is 0 Å². The SMILES string of the molecule is CC.Cc1ccc2cc(C(=O)O)ccc2c1. The van der Waals surface area contributed by atoms with Gasteiger partial charge >= 0.3 is 5.97 Å². The number of carbonyl (C=O) groups is 1. The average Bonchev–Trinajstić information content (AvgIpc) is 2.30. The molecule has 0 fully saturated rings. The van der Waals surface area contributed by atoms with Gasteiger partial charge in [0.15, 0.2) is 0 Å². The highest BCUT2D eigenvalue weighted by molar-refractivity contribution is 5.94. The van der Waals surface area contributed by atoms with Gasteiger partial charge in [-0.3, -0.25) is 0 Å². The number of hydrogen-bond donors (Lipinski definition) is 1. The topological polar surface area (TPSA) is 37.3 Å². The van der Waals surface area contributed by atoms with Crippen molar-refractivity contribution < 1.29 is 9.90 Å². The maximum absolute atomic E-state index is 10.7. The largest absolute Gasteiger partial charge is 0.478 e. The van der Waals surface area contributed by atoms with E-state index in [0.29, 0.717) is 5.56 Å². The summed E-state index contributed by atoms with van der Waals surface area (Å²) in [7, 11) is 0. The van der Waals surface area contributed by atoms with E-state index in [1.54, 1.807) is 12.1 Å². The highest BCUT2D eigenvalue weighted by Gasteiger charge is 2.02. The summed E-state index contributed by atoms with van der Waals surface area (Å²) in [6.07, 6.45) is 0. The van der Waals surface area contributed by atoms with Crippen LogP contribution in [0.15, 0.2) is 36.4 Å². The molecule has 0 aliphatic rings. The molecule has 0 amide bonds. The Balaban J connectivity index is 0.000000606. The van der Waals surface area contributed by atoms with Crippen molar-refractivity contribution in [1.29, 1.82) is 0 Å². The number of hydrogen-bond acceptors (Lipinski definition) is 1. The number of carboxylic acids is 1. The van der Waals surface area contributed by atoms with Crippen molar-refractivity contribution in [3.8, 4) is 0 Å². The van der Waals surface area contributed by atoms with Crippen LogP contribution in [0.2, 0.25) is 0 Å². The Morgan fingerprint density at radius 2 is 1.56 bits per heavy atom. The molecule has 1 N–H and O–H groups in total. The van der Waals surface area contributed by atoms with Crippen molar-refractivity contribution >= 4 is 16.7 Å². The molecule has 16 heavy (non-hydrogen) atoms. The Morgan fingerprint density at radius 1 is 1.00 bits per heavy atom. The molecule has 0 spiro atoms. The van der Waals surface area contributed by atoms with Crippen molar-refractivity contribution in [2.75, 3.05) is 0 Å². The number of aryl methyl sites for hydroxylation is 1. The Labute approximate surface area is 95.5 Å². The van der Waals surface area contributed by atoms with Crippen molar-refractivity contribution in [2.24, 2.45) is 0 Å². The van der Waals surface area contributed by atoms with Gasteiger partial charge in [-0.05, 0) is 29.8 Å². The Kier molecular flexibility index (Phi) is 4.06. The highest BCUT2D eigenvalue weighted by Crippen LogP contribution is 2.17. The zero-order chi connectivity index (χ0) is 12.1. The molecule has 0 heterocycles. The summed E-state index contributed by atoms with van der Waals surface area (Å²) in [5.74, 6) is -0.882. The molecular formula is C14H16O2. The molecule has 0 atom stereocenters. The molecule has 2 aromatic carbocycles. The fourth-order valence-corrected chi connectivity index (χ4v) is 1.50. The molecule has 2 heteroatoms. The second-order valence-electron chi connectivity index (χ2n) is 3.37. The van der Waals surface area contributed by atoms with E-state index < -0.39 is 5.97 Å². The van der Waals surface area contributed by atoms with Gasteiger partial charge in [0.05, 0.1) is 5.56 Å². The molecule has 2 rings (SSSR count). The molecule has 0 unspecified atom stereocenters. The number of aromatic carboxylic acids is 1. The second-order valence-corrected chi connectivity index (χ2v) is 3.37. The lowest BCUT2D eigenvalue weighted by Crippen LogP contribution is -1.95. The maximum atomic E-state index is 10.7. The predicted molar refractivity (Wildman–Crippen MR) is 67.0 cm³/mol. The molecule has 0 aliphatic carbocycles. The van der Waals surface area contributed by atoms with Crippen LogP contribution in [0.5, 0.6) is 0 Å². The van der Waals surface area contributed by atoms with E-state index in [9.17, 15) is 4.79 Å². The zero-order valence-electron chi connectivity index (χ0n) is 9.82. The van der Waals surface area contributed by atoms with Gasteiger partial charge in [-0.1, -0.05) is 43.7 Å². The lowest BCUT2D eigenvalue weighted by Gasteiger charge is -2.00. The molecule has 2 aromatic rings. The van der Waals surface area contributed by atoms with E-state index in [4.69, 9.17) is 5.11 Å². The number of rotatable bonds is 1. The van der Waals surface area contributed by atoms with Crippen LogP contribution in [-0.2, 0) is 0 Å². The summed E-state index contributed by atoms with van der Waals surface area (Å²) in [6.45, 7) is 6.02. The lowest BCUT2D eigenvalue weighted by atomic mass is 10.1. The molecule has 0 aliphatic heterocycles. The third-order valence-electron chi connectivity index (χ3n) is 2.24. The molecule has 0 aromatic heterocycles. The van der Waals surface area contributed by atoms with Crippen LogP contribution in [0, 0.1) is 6.92 Å². The number of fused-ring (bicyclic) bond motifs is 1. The minimum Gasteiger partial charge on any atom is -0.478 e. The van der Waals surface area contributed by atoms with Crippen LogP contribution >= 0.6 is 0 Å². The van der Waals surface area contributed by atoms with Gasteiger partial charge in [-0.15, -0.1) is 0 Å². The van der Waals surface area contributed by atoms with Crippen LogP contribution in [-0.4, -0.2) is 11.1 Å². The fourth-order valence-electron chi connectivity index (χ4n) is 1.50. The second kappa shape index (κ2) is 5.31. The van der Waals surface area contributed by atoms with Crippen LogP contribution in [0.4, 0.5) is 0 Å². The van der Waals surface area contributed by atoms with Gasteiger partial charge < -0.3 is 5.11 Å². The molecule has 0 bridgehead atoms. The van der Waals surface area contributed by atoms with E-state index in [1.807, 2.05) is 45.0 Å². The van der Waals surface area contributed by atoms with Crippen molar-refractivity contribution in [2.45, 2.75) is 20.8 Å². The van der Waals surface area contributed by atoms with Crippen LogP contribution in [0.1, 0.15) is 29.8 Å². The molecule has 0 saturated carbocycles. The average molecular weight is 216 g/mol. The minimum absolute atomic E-state index is 0.335. The monoisotopic (exact) mass is 216 g/mol. The van der Waals surface area contributed by atoms with E-state index in [2.05, 4.69) is 0 Å². The summed E-state index contributed by atoms with van der Waals surface area (Å²) in [5, 5.41) is 10.8. The van der Waals surface area contributed by atoms with Gasteiger partial charge in [-0.2, -0.15) is 0 Å². The van der Waals surface area contributed by atoms with Crippen molar-refractivity contribution in [3.63, 3.8) is 0 Å². The van der Waals surface area contributed by atoms with Crippen molar-refractivity contribution in [1.82, 2.24) is 0 Å². The predicted octanol–water partition coefficient (Wildman–Crippen LogP) is 3.87. The molecule has 0 saturated heterocycles. The summed E-state index contributed by atoms with van der Waals surface area (Å²) >= 11 is 0. The van der Waals surface area contributed by atoms with E-state index >= 15 is 0 Å². The van der Waals surface area contributed by atoms with Crippen LogP contribution < -0.4 is 0 Å². The zero-order valence-corrected chi connectivity index (χ0v) is 9.82. The van der Waals surface area contributed by atoms with Gasteiger partial charge in [0.1, 0.15) is 0 Å². The van der Waals surface area contributed by atoms with Crippen LogP contribution in [0.25, 0.3) is 10.8 Å². The quantitative estimate of drug-likeness (QED) is 0.785. The molecule has 84 valence electrons. The summed E-state index contributed by atoms with van der Waals surface area (Å²) in [5.41, 5.74) is 1.52. The first kappa shape index (κ1) is 12.2. The van der Waals surface area contributed by atoms with Crippen LogP contribution in [0.3, 0.4) is 0 Å². The Morgan fingerprint density at radius 3 is 2.19 bits per heavy atom. The van der Waals surface area contributed by atoms with Gasteiger partial charge in [0, 0.05) is 0 Å². The smallest absolute Gasteiger partial charge is 0.335 e. The lowest BCUT2D eigenvalue weighted by molar-refractivity contribution is 0.0697. The summed E-state index contributed by atoms with van der Waals surface area (Å²) in [6, 6.07) is 11.1. The number of benzene rings is 2. The standard InChI is InChI=1S/C12H10O2.C2H6/c1-8-2-3-10-7-11(12(13)14)5-4-9(10)6-8;1-2/h2-7H,1H3,(H,13,14);1-2H3. The van der Waals surface area contributed by atoms with Crippen molar-refractivity contribution in [3.05, 3.63) is 47.5 Å². The first-order chi connectivity index (χ1) is 7.66. The Bertz CT molecular complexity index is 501. The van der Waals surface area contributed by atoms with E-state index in [1.165, 1.54) is 5.56 Å².